The van der Waals surface area contributed by atoms with Gasteiger partial charge >= 0.3 is 0 Å². The maximum absolute atomic E-state index is 15.4. The van der Waals surface area contributed by atoms with Gasteiger partial charge in [0.25, 0.3) is 5.56 Å². The molecule has 0 bridgehead atoms. The molecular weight excluding hydrogens is 427 g/mol. The third-order valence-electron chi connectivity index (χ3n) is 4.44. The van der Waals surface area contributed by atoms with E-state index in [1.54, 1.807) is 27.0 Å². The van der Waals surface area contributed by atoms with Crippen LogP contribution in [-0.2, 0) is 11.2 Å². The highest BCUT2D eigenvalue weighted by atomic mass is 35.5. The number of carbonyl (C=O) groups excluding carboxylic acids is 1. The van der Waals surface area contributed by atoms with Crippen LogP contribution in [0.25, 0.3) is 22.0 Å². The quantitative estimate of drug-likeness (QED) is 0.584. The fourth-order valence-electron chi connectivity index (χ4n) is 2.77. The first-order valence-corrected chi connectivity index (χ1v) is 10.1. The average molecular weight is 445 g/mol. The summed E-state index contributed by atoms with van der Waals surface area (Å²) in [6, 6.07) is 4.29. The van der Waals surface area contributed by atoms with Crippen LogP contribution in [0.2, 0.25) is 5.02 Å². The minimum atomic E-state index is -0.964. The molecule has 0 aliphatic heterocycles. The van der Waals surface area contributed by atoms with Crippen LogP contribution < -0.4 is 11.3 Å². The Kier molecular flexibility index (Phi) is 6.06. The van der Waals surface area contributed by atoms with Crippen LogP contribution in [0.15, 0.2) is 29.2 Å². The van der Waals surface area contributed by atoms with Crippen molar-refractivity contribution in [2.24, 2.45) is 11.1 Å². The first kappa shape index (κ1) is 21.7. The van der Waals surface area contributed by atoms with Gasteiger partial charge in [-0.3, -0.25) is 9.59 Å². The van der Waals surface area contributed by atoms with Crippen LogP contribution in [0, 0.1) is 23.1 Å². The van der Waals surface area contributed by atoms with Gasteiger partial charge < -0.3 is 10.7 Å². The molecule has 0 radical (unpaired) electrons. The van der Waals surface area contributed by atoms with Gasteiger partial charge in [0, 0.05) is 17.7 Å². The molecule has 0 spiro atoms. The molecular formula is C21H18ClFN4O2S. The monoisotopic (exact) mass is 444 g/mol. The second-order valence-electron chi connectivity index (χ2n) is 7.20. The van der Waals surface area contributed by atoms with Crippen LogP contribution in [0.4, 0.5) is 4.39 Å². The minimum absolute atomic E-state index is 0.0183. The molecule has 0 atom stereocenters. The lowest BCUT2D eigenvalue weighted by Crippen LogP contribution is -2.33. The molecule has 2 heterocycles. The summed E-state index contributed by atoms with van der Waals surface area (Å²) >= 11 is 7.51. The van der Waals surface area contributed by atoms with E-state index >= 15 is 4.39 Å². The van der Waals surface area contributed by atoms with Crippen molar-refractivity contribution < 1.29 is 9.18 Å². The van der Waals surface area contributed by atoms with E-state index in [4.69, 9.17) is 17.3 Å². The van der Waals surface area contributed by atoms with Crippen LogP contribution >= 0.6 is 22.9 Å². The Labute approximate surface area is 181 Å². The number of aromatic amines is 1. The van der Waals surface area contributed by atoms with Crippen LogP contribution in [0.3, 0.4) is 0 Å². The van der Waals surface area contributed by atoms with Crippen molar-refractivity contribution in [3.05, 3.63) is 56.2 Å². The lowest BCUT2D eigenvalue weighted by Gasteiger charge is -2.21. The Balaban J connectivity index is 2.12. The van der Waals surface area contributed by atoms with E-state index < -0.39 is 22.7 Å². The highest BCUT2D eigenvalue weighted by Gasteiger charge is 2.28. The van der Waals surface area contributed by atoms with Gasteiger partial charge in [-0.25, -0.2) is 14.4 Å². The van der Waals surface area contributed by atoms with Gasteiger partial charge in [-0.15, -0.1) is 11.3 Å². The standard InChI is InChI=1S/C21H18ClFN4O2S/c1-4-5-16-25-10-14(30-16)13-8-15(28)27-19(26-13)17-12(22)7-6-11(18(17)23)9-21(2,3)20(24)29/h6-8,10H,9H2,1-3H3,(H2,24,29)(H,26,27,28). The third kappa shape index (κ3) is 4.42. The molecule has 154 valence electrons. The topological polar surface area (TPSA) is 102 Å². The summed E-state index contributed by atoms with van der Waals surface area (Å²) < 4.78 is 15.4. The first-order chi connectivity index (χ1) is 14.1. The highest BCUT2D eigenvalue weighted by molar-refractivity contribution is 7.15. The third-order valence-corrected chi connectivity index (χ3v) is 5.69. The minimum Gasteiger partial charge on any atom is -0.369 e. The molecule has 3 aromatic rings. The summed E-state index contributed by atoms with van der Waals surface area (Å²) in [7, 11) is 0. The molecule has 0 aliphatic rings. The molecule has 30 heavy (non-hydrogen) atoms. The summed E-state index contributed by atoms with van der Waals surface area (Å²) in [4.78, 5) is 35.6. The Morgan fingerprint density at radius 2 is 2.13 bits per heavy atom. The van der Waals surface area contributed by atoms with Gasteiger partial charge in [-0.2, -0.15) is 0 Å². The number of halogens is 2. The normalized spacial score (nSPS) is 11.1. The number of aromatic nitrogens is 3. The molecule has 0 aliphatic carbocycles. The molecule has 0 unspecified atom stereocenters. The van der Waals surface area contributed by atoms with E-state index in [-0.39, 0.29) is 28.4 Å². The molecule has 1 amide bonds. The van der Waals surface area contributed by atoms with Crippen molar-refractivity contribution in [3.8, 4) is 33.8 Å². The number of nitrogens with one attached hydrogen (secondary N) is 1. The predicted molar refractivity (Wildman–Crippen MR) is 116 cm³/mol. The van der Waals surface area contributed by atoms with Gasteiger partial charge in [0.15, 0.2) is 5.01 Å². The van der Waals surface area contributed by atoms with E-state index in [1.807, 2.05) is 0 Å². The van der Waals surface area contributed by atoms with E-state index in [0.717, 1.165) is 0 Å². The number of H-pyrrole nitrogens is 1. The molecule has 3 N–H and O–H groups in total. The van der Waals surface area contributed by atoms with Gasteiger partial charge in [-0.1, -0.05) is 37.4 Å². The number of benzene rings is 1. The van der Waals surface area contributed by atoms with E-state index in [1.165, 1.54) is 29.5 Å². The molecule has 0 saturated carbocycles. The van der Waals surface area contributed by atoms with E-state index in [9.17, 15) is 9.59 Å². The lowest BCUT2D eigenvalue weighted by molar-refractivity contribution is -0.125. The molecule has 3 rings (SSSR count). The number of carbonyl (C=O) groups is 1. The largest absolute Gasteiger partial charge is 0.369 e. The summed E-state index contributed by atoms with van der Waals surface area (Å²) in [5.41, 5.74) is 4.50. The van der Waals surface area contributed by atoms with Crippen LogP contribution in [0.1, 0.15) is 31.3 Å². The fourth-order valence-corrected chi connectivity index (χ4v) is 3.79. The zero-order valence-corrected chi connectivity index (χ0v) is 18.0. The van der Waals surface area contributed by atoms with Crippen LogP contribution in [0.5, 0.6) is 0 Å². The molecule has 9 heteroatoms. The number of thiazole rings is 1. The van der Waals surface area contributed by atoms with Gasteiger partial charge in [-0.05, 0) is 30.9 Å². The summed E-state index contributed by atoms with van der Waals surface area (Å²) in [6.07, 6.45) is 1.62. The number of primary amides is 1. The second-order valence-corrected chi connectivity index (χ2v) is 8.64. The Morgan fingerprint density at radius 1 is 1.40 bits per heavy atom. The zero-order valence-electron chi connectivity index (χ0n) is 16.5. The van der Waals surface area contributed by atoms with Crippen LogP contribution in [-0.4, -0.2) is 20.9 Å². The average Bonchev–Trinajstić information content (AvgIpc) is 3.13. The van der Waals surface area contributed by atoms with Crippen molar-refractivity contribution in [2.45, 2.75) is 27.2 Å². The van der Waals surface area contributed by atoms with Crippen molar-refractivity contribution in [2.75, 3.05) is 0 Å². The molecule has 1 aromatic carbocycles. The van der Waals surface area contributed by atoms with Crippen molar-refractivity contribution in [1.29, 1.82) is 0 Å². The number of hydrogen-bond donors (Lipinski definition) is 2. The van der Waals surface area contributed by atoms with Gasteiger partial charge in [0.1, 0.15) is 11.6 Å². The maximum Gasteiger partial charge on any atom is 0.251 e. The van der Waals surface area contributed by atoms with Crippen molar-refractivity contribution in [1.82, 2.24) is 15.0 Å². The zero-order chi connectivity index (χ0) is 22.1. The number of nitrogens with zero attached hydrogens (tertiary/aromatic N) is 2. The predicted octanol–water partition coefficient (Wildman–Crippen LogP) is 3.78. The maximum atomic E-state index is 15.4. The summed E-state index contributed by atoms with van der Waals surface area (Å²) in [5, 5.41) is 0.659. The van der Waals surface area contributed by atoms with E-state index in [2.05, 4.69) is 26.8 Å². The first-order valence-electron chi connectivity index (χ1n) is 8.90. The van der Waals surface area contributed by atoms with Crippen molar-refractivity contribution in [3.63, 3.8) is 0 Å². The van der Waals surface area contributed by atoms with Gasteiger partial charge in [0.05, 0.1) is 21.2 Å². The number of hydrogen-bond acceptors (Lipinski definition) is 5. The smallest absolute Gasteiger partial charge is 0.251 e. The van der Waals surface area contributed by atoms with Gasteiger partial charge in [0.2, 0.25) is 5.91 Å². The Bertz CT molecular complexity index is 1250. The molecule has 6 nitrogen and oxygen atoms in total. The highest BCUT2D eigenvalue weighted by Crippen LogP contribution is 2.34. The van der Waals surface area contributed by atoms with E-state index in [0.29, 0.717) is 15.6 Å². The van der Waals surface area contributed by atoms with Crippen molar-refractivity contribution >= 4 is 28.8 Å². The Hall–Kier alpha value is -3.02. The number of rotatable bonds is 5. The SMILES string of the molecule is CC#Cc1ncc(-c2cc(=O)[nH]c(-c3c(Cl)ccc(CC(C)(C)C(N)=O)c3F)n2)s1. The number of nitrogens with two attached hydrogens (primary N) is 1. The summed E-state index contributed by atoms with van der Waals surface area (Å²) in [5.74, 6) is 4.36. The molecule has 2 aromatic heterocycles. The lowest BCUT2D eigenvalue weighted by atomic mass is 9.84. The second kappa shape index (κ2) is 8.38. The molecule has 0 saturated heterocycles. The Morgan fingerprint density at radius 3 is 2.80 bits per heavy atom. The summed E-state index contributed by atoms with van der Waals surface area (Å²) in [6.45, 7) is 4.96. The fraction of sp³-hybridized carbons (Fsp3) is 0.238. The number of amides is 1. The molecule has 0 fully saturated rings.